The Morgan fingerprint density at radius 1 is 1.47 bits per heavy atom. The highest BCUT2D eigenvalue weighted by Crippen LogP contribution is 2.23. The van der Waals surface area contributed by atoms with Gasteiger partial charge in [-0.2, -0.15) is 0 Å². The summed E-state index contributed by atoms with van der Waals surface area (Å²) in [7, 11) is 2.03. The van der Waals surface area contributed by atoms with E-state index in [4.69, 9.17) is 4.98 Å². The van der Waals surface area contributed by atoms with Gasteiger partial charge in [0, 0.05) is 18.8 Å². The molecule has 0 spiro atoms. The summed E-state index contributed by atoms with van der Waals surface area (Å²) in [4.78, 5) is 7.16. The smallest absolute Gasteiger partial charge is 0.129 e. The summed E-state index contributed by atoms with van der Waals surface area (Å²) in [6.45, 7) is 7.72. The van der Waals surface area contributed by atoms with Crippen LogP contribution in [0.1, 0.15) is 24.6 Å². The van der Waals surface area contributed by atoms with Crippen molar-refractivity contribution in [2.24, 2.45) is 5.92 Å². The predicted molar refractivity (Wildman–Crippen MR) is 72.6 cm³/mol. The van der Waals surface area contributed by atoms with E-state index in [2.05, 4.69) is 36.2 Å². The Bertz CT molecular complexity index is 376. The second-order valence-corrected chi connectivity index (χ2v) is 5.01. The summed E-state index contributed by atoms with van der Waals surface area (Å²) >= 11 is 0. The lowest BCUT2D eigenvalue weighted by molar-refractivity contribution is 0.549. The molecule has 0 amide bonds. The van der Waals surface area contributed by atoms with Crippen LogP contribution in [0.2, 0.25) is 0 Å². The molecule has 1 aliphatic rings. The van der Waals surface area contributed by atoms with E-state index in [0.717, 1.165) is 32.0 Å². The maximum Gasteiger partial charge on any atom is 0.129 e. The highest BCUT2D eigenvalue weighted by atomic mass is 15.2. The molecule has 94 valence electrons. The summed E-state index contributed by atoms with van der Waals surface area (Å²) in [6, 6.07) is 4.39. The summed E-state index contributed by atoms with van der Waals surface area (Å²) in [5.74, 6) is 1.94. The van der Waals surface area contributed by atoms with Gasteiger partial charge in [0.15, 0.2) is 0 Å². The van der Waals surface area contributed by atoms with Crippen LogP contribution in [0.3, 0.4) is 0 Å². The quantitative estimate of drug-likeness (QED) is 0.862. The largest absolute Gasteiger partial charge is 0.356 e. The van der Waals surface area contributed by atoms with Gasteiger partial charge >= 0.3 is 0 Å². The fourth-order valence-corrected chi connectivity index (χ4v) is 2.56. The molecule has 1 aliphatic heterocycles. The predicted octanol–water partition coefficient (Wildman–Crippen LogP) is 2.00. The molecule has 2 rings (SSSR count). The van der Waals surface area contributed by atoms with Crippen molar-refractivity contribution < 1.29 is 0 Å². The van der Waals surface area contributed by atoms with Crippen LogP contribution in [0.5, 0.6) is 0 Å². The van der Waals surface area contributed by atoms with Crippen LogP contribution in [-0.4, -0.2) is 31.7 Å². The van der Waals surface area contributed by atoms with E-state index < -0.39 is 0 Å². The van der Waals surface area contributed by atoms with Crippen LogP contribution in [0.25, 0.3) is 0 Å². The zero-order valence-electron chi connectivity index (χ0n) is 11.2. The molecule has 1 saturated heterocycles. The van der Waals surface area contributed by atoms with Crippen LogP contribution < -0.4 is 10.2 Å². The molecule has 1 unspecified atom stereocenters. The molecule has 2 heterocycles. The van der Waals surface area contributed by atoms with E-state index in [1.165, 1.54) is 23.5 Å². The number of hydrogen-bond acceptors (Lipinski definition) is 3. The summed E-state index contributed by atoms with van der Waals surface area (Å²) in [5.41, 5.74) is 2.53. The van der Waals surface area contributed by atoms with Crippen LogP contribution in [0, 0.1) is 12.8 Å². The molecule has 0 aromatic carbocycles. The SMILES string of the molecule is CCc1cc(C)cc(N2CCC(CNC)C2)n1. The van der Waals surface area contributed by atoms with Gasteiger partial charge in [-0.3, -0.25) is 0 Å². The van der Waals surface area contributed by atoms with E-state index in [9.17, 15) is 0 Å². The third-order valence-electron chi connectivity index (χ3n) is 3.47. The molecule has 0 radical (unpaired) electrons. The number of anilines is 1. The highest BCUT2D eigenvalue weighted by Gasteiger charge is 2.22. The van der Waals surface area contributed by atoms with E-state index in [1.807, 2.05) is 7.05 Å². The Morgan fingerprint density at radius 3 is 3.00 bits per heavy atom. The van der Waals surface area contributed by atoms with Gasteiger partial charge in [-0.05, 0) is 57.0 Å². The average molecular weight is 233 g/mol. The molecular weight excluding hydrogens is 210 g/mol. The Labute approximate surface area is 104 Å². The molecule has 3 heteroatoms. The van der Waals surface area contributed by atoms with Gasteiger partial charge in [0.1, 0.15) is 5.82 Å². The van der Waals surface area contributed by atoms with Gasteiger partial charge in [0.25, 0.3) is 0 Å². The van der Waals surface area contributed by atoms with Gasteiger partial charge in [0.2, 0.25) is 0 Å². The minimum Gasteiger partial charge on any atom is -0.356 e. The standard InChI is InChI=1S/C14H23N3/c1-4-13-7-11(2)8-14(16-13)17-6-5-12(10-17)9-15-3/h7-8,12,15H,4-6,9-10H2,1-3H3. The second-order valence-electron chi connectivity index (χ2n) is 5.01. The van der Waals surface area contributed by atoms with Crippen LogP contribution in [0.15, 0.2) is 12.1 Å². The molecule has 0 saturated carbocycles. The van der Waals surface area contributed by atoms with E-state index in [0.29, 0.717) is 0 Å². The van der Waals surface area contributed by atoms with Gasteiger partial charge in [-0.25, -0.2) is 4.98 Å². The van der Waals surface area contributed by atoms with Crippen molar-refractivity contribution in [3.05, 3.63) is 23.4 Å². The van der Waals surface area contributed by atoms with Crippen molar-refractivity contribution in [3.63, 3.8) is 0 Å². The number of hydrogen-bond donors (Lipinski definition) is 1. The fourth-order valence-electron chi connectivity index (χ4n) is 2.56. The normalized spacial score (nSPS) is 19.9. The molecule has 1 aromatic rings. The number of pyridine rings is 1. The lowest BCUT2D eigenvalue weighted by Gasteiger charge is -2.19. The number of nitrogens with zero attached hydrogens (tertiary/aromatic N) is 2. The second kappa shape index (κ2) is 5.50. The van der Waals surface area contributed by atoms with E-state index >= 15 is 0 Å². The molecule has 17 heavy (non-hydrogen) atoms. The Balaban J connectivity index is 2.10. The number of rotatable bonds is 4. The van der Waals surface area contributed by atoms with Crippen molar-refractivity contribution >= 4 is 5.82 Å². The van der Waals surface area contributed by atoms with Gasteiger partial charge in [-0.1, -0.05) is 6.92 Å². The zero-order chi connectivity index (χ0) is 12.3. The lowest BCUT2D eigenvalue weighted by Crippen LogP contribution is -2.25. The first kappa shape index (κ1) is 12.4. The number of aryl methyl sites for hydroxylation is 2. The maximum atomic E-state index is 4.73. The van der Waals surface area contributed by atoms with Crippen molar-refractivity contribution in [2.45, 2.75) is 26.7 Å². The molecule has 1 atom stereocenters. The average Bonchev–Trinajstić information content (AvgIpc) is 2.77. The van der Waals surface area contributed by atoms with Gasteiger partial charge in [0.05, 0.1) is 0 Å². The Hall–Kier alpha value is -1.09. The number of nitrogens with one attached hydrogen (secondary N) is 1. The van der Waals surface area contributed by atoms with E-state index in [-0.39, 0.29) is 0 Å². The van der Waals surface area contributed by atoms with Crippen molar-refractivity contribution in [2.75, 3.05) is 31.6 Å². The molecular formula is C14H23N3. The molecule has 0 bridgehead atoms. The minimum absolute atomic E-state index is 0.771. The fraction of sp³-hybridized carbons (Fsp3) is 0.643. The Kier molecular flexibility index (Phi) is 4.00. The maximum absolute atomic E-state index is 4.73. The minimum atomic E-state index is 0.771. The molecule has 1 N–H and O–H groups in total. The first-order chi connectivity index (χ1) is 8.22. The molecule has 1 fully saturated rings. The van der Waals surface area contributed by atoms with Gasteiger partial charge < -0.3 is 10.2 Å². The Morgan fingerprint density at radius 2 is 2.29 bits per heavy atom. The van der Waals surface area contributed by atoms with Crippen molar-refractivity contribution in [1.82, 2.24) is 10.3 Å². The lowest BCUT2D eigenvalue weighted by atomic mass is 10.1. The van der Waals surface area contributed by atoms with Gasteiger partial charge in [-0.15, -0.1) is 0 Å². The third-order valence-corrected chi connectivity index (χ3v) is 3.47. The molecule has 0 aliphatic carbocycles. The summed E-state index contributed by atoms with van der Waals surface area (Å²) in [6.07, 6.45) is 2.29. The molecule has 1 aromatic heterocycles. The van der Waals surface area contributed by atoms with Crippen LogP contribution in [-0.2, 0) is 6.42 Å². The van der Waals surface area contributed by atoms with Crippen LogP contribution >= 0.6 is 0 Å². The highest BCUT2D eigenvalue weighted by molar-refractivity contribution is 5.43. The van der Waals surface area contributed by atoms with E-state index in [1.54, 1.807) is 0 Å². The first-order valence-corrected chi connectivity index (χ1v) is 6.60. The summed E-state index contributed by atoms with van der Waals surface area (Å²) in [5, 5.41) is 3.27. The van der Waals surface area contributed by atoms with Crippen molar-refractivity contribution in [3.8, 4) is 0 Å². The van der Waals surface area contributed by atoms with Crippen LogP contribution in [0.4, 0.5) is 5.82 Å². The third kappa shape index (κ3) is 2.97. The molecule has 3 nitrogen and oxygen atoms in total. The zero-order valence-corrected chi connectivity index (χ0v) is 11.2. The topological polar surface area (TPSA) is 28.2 Å². The summed E-state index contributed by atoms with van der Waals surface area (Å²) < 4.78 is 0. The monoisotopic (exact) mass is 233 g/mol. The van der Waals surface area contributed by atoms with Crippen molar-refractivity contribution in [1.29, 1.82) is 0 Å². The first-order valence-electron chi connectivity index (χ1n) is 6.60. The number of aromatic nitrogens is 1.